The lowest BCUT2D eigenvalue weighted by Gasteiger charge is -2.36. The van der Waals surface area contributed by atoms with Gasteiger partial charge >= 0.3 is 6.09 Å². The molecule has 28 heavy (non-hydrogen) atoms. The van der Waals surface area contributed by atoms with Gasteiger partial charge in [-0.15, -0.1) is 0 Å². The van der Waals surface area contributed by atoms with Crippen LogP contribution in [0.5, 0.6) is 0 Å². The van der Waals surface area contributed by atoms with Gasteiger partial charge in [0.1, 0.15) is 5.60 Å². The molecule has 3 rings (SSSR count). The van der Waals surface area contributed by atoms with E-state index >= 15 is 0 Å². The zero-order chi connectivity index (χ0) is 20.4. The Hall–Kier alpha value is -2.54. The summed E-state index contributed by atoms with van der Waals surface area (Å²) in [6.45, 7) is 7.84. The molecule has 2 aromatic carbocycles. The van der Waals surface area contributed by atoms with E-state index in [2.05, 4.69) is 4.90 Å². The molecule has 0 bridgehead atoms. The van der Waals surface area contributed by atoms with Crippen LogP contribution in [0.4, 0.5) is 10.5 Å². The van der Waals surface area contributed by atoms with Crippen molar-refractivity contribution in [1.29, 1.82) is 0 Å². The smallest absolute Gasteiger partial charge is 0.410 e. The summed E-state index contributed by atoms with van der Waals surface area (Å²) in [5.41, 5.74) is 0.315. The fourth-order valence-electron chi connectivity index (χ4n) is 3.06. The number of hydrogen-bond acceptors (Lipinski definition) is 5. The summed E-state index contributed by atoms with van der Waals surface area (Å²) < 4.78 is 31.1. The van der Waals surface area contributed by atoms with Crippen molar-refractivity contribution in [2.75, 3.05) is 31.1 Å². The number of carbonyl (C=O) groups excluding carboxylic acids is 1. The van der Waals surface area contributed by atoms with Gasteiger partial charge in [0.15, 0.2) is 0 Å². The molecule has 2 aromatic rings. The van der Waals surface area contributed by atoms with E-state index in [9.17, 15) is 13.2 Å². The number of sulfone groups is 1. The van der Waals surface area contributed by atoms with Crippen LogP contribution in [0.25, 0.3) is 0 Å². The highest BCUT2D eigenvalue weighted by Crippen LogP contribution is 2.26. The summed E-state index contributed by atoms with van der Waals surface area (Å²) in [6, 6.07) is 15.4. The Bertz CT molecular complexity index is 928. The molecule has 7 heteroatoms. The number of anilines is 1. The molecule has 1 aliphatic heterocycles. The maximum absolute atomic E-state index is 12.9. The summed E-state index contributed by atoms with van der Waals surface area (Å²) >= 11 is 0. The van der Waals surface area contributed by atoms with Gasteiger partial charge in [-0.3, -0.25) is 0 Å². The largest absolute Gasteiger partial charge is 0.444 e. The van der Waals surface area contributed by atoms with Crippen LogP contribution >= 0.6 is 0 Å². The number of benzene rings is 2. The van der Waals surface area contributed by atoms with E-state index in [1.165, 1.54) is 0 Å². The van der Waals surface area contributed by atoms with Crippen LogP contribution in [-0.4, -0.2) is 51.2 Å². The van der Waals surface area contributed by atoms with E-state index in [1.807, 2.05) is 26.8 Å². The standard InChI is InChI=1S/C21H26N2O4S/c1-21(2,3)27-20(24)23-14-12-22(13-15-23)17-8-7-11-19(16-17)28(25,26)18-9-5-4-6-10-18/h4-11,16H,12-15H2,1-3H3. The summed E-state index contributed by atoms with van der Waals surface area (Å²) in [6.07, 6.45) is -0.312. The lowest BCUT2D eigenvalue weighted by Crippen LogP contribution is -2.50. The molecular formula is C21H26N2O4S. The van der Waals surface area contributed by atoms with Gasteiger partial charge in [-0.25, -0.2) is 13.2 Å². The van der Waals surface area contributed by atoms with Crippen LogP contribution in [0.2, 0.25) is 0 Å². The number of carbonyl (C=O) groups is 1. The third-order valence-corrected chi connectivity index (χ3v) is 6.25. The van der Waals surface area contributed by atoms with Gasteiger partial charge in [-0.05, 0) is 51.1 Å². The summed E-state index contributed by atoms with van der Waals surface area (Å²) in [7, 11) is -3.56. The molecule has 1 fully saturated rings. The number of amides is 1. The molecular weight excluding hydrogens is 376 g/mol. The third kappa shape index (κ3) is 4.65. The normalized spacial score (nSPS) is 15.4. The number of nitrogens with zero attached hydrogens (tertiary/aromatic N) is 2. The average molecular weight is 403 g/mol. The van der Waals surface area contributed by atoms with Crippen LogP contribution in [0.15, 0.2) is 64.4 Å². The van der Waals surface area contributed by atoms with E-state index in [0.717, 1.165) is 5.69 Å². The molecule has 0 atom stereocenters. The Kier molecular flexibility index (Phi) is 5.65. The SMILES string of the molecule is CC(C)(C)OC(=O)N1CCN(c2cccc(S(=O)(=O)c3ccccc3)c2)CC1. The molecule has 0 aliphatic carbocycles. The molecule has 1 amide bonds. The zero-order valence-corrected chi connectivity index (χ0v) is 17.3. The Morgan fingerprint density at radius 3 is 2.11 bits per heavy atom. The van der Waals surface area contributed by atoms with Crippen molar-refractivity contribution in [2.24, 2.45) is 0 Å². The summed E-state index contributed by atoms with van der Waals surface area (Å²) in [4.78, 5) is 16.5. The highest BCUT2D eigenvalue weighted by Gasteiger charge is 2.26. The van der Waals surface area contributed by atoms with Gasteiger partial charge in [-0.2, -0.15) is 0 Å². The first-order chi connectivity index (χ1) is 13.2. The minimum atomic E-state index is -3.56. The molecule has 1 saturated heterocycles. The van der Waals surface area contributed by atoms with E-state index in [0.29, 0.717) is 26.2 Å². The zero-order valence-electron chi connectivity index (χ0n) is 16.5. The topological polar surface area (TPSA) is 66.9 Å². The summed E-state index contributed by atoms with van der Waals surface area (Å²) in [5, 5.41) is 0. The molecule has 0 saturated carbocycles. The molecule has 0 radical (unpaired) electrons. The number of hydrogen-bond donors (Lipinski definition) is 0. The predicted octanol–water partition coefficient (Wildman–Crippen LogP) is 3.58. The quantitative estimate of drug-likeness (QED) is 0.785. The van der Waals surface area contributed by atoms with Crippen molar-refractivity contribution in [3.05, 3.63) is 54.6 Å². The molecule has 0 N–H and O–H groups in total. The average Bonchev–Trinajstić information content (AvgIpc) is 2.67. The molecule has 0 spiro atoms. The minimum absolute atomic E-state index is 0.269. The number of piperazine rings is 1. The van der Waals surface area contributed by atoms with Crippen molar-refractivity contribution in [2.45, 2.75) is 36.2 Å². The number of rotatable bonds is 3. The van der Waals surface area contributed by atoms with E-state index in [1.54, 1.807) is 53.4 Å². The van der Waals surface area contributed by atoms with Crippen LogP contribution in [0.1, 0.15) is 20.8 Å². The highest BCUT2D eigenvalue weighted by molar-refractivity contribution is 7.91. The van der Waals surface area contributed by atoms with Crippen LogP contribution in [-0.2, 0) is 14.6 Å². The molecule has 1 heterocycles. The highest BCUT2D eigenvalue weighted by atomic mass is 32.2. The maximum atomic E-state index is 12.9. The van der Waals surface area contributed by atoms with Crippen molar-refractivity contribution < 1.29 is 17.9 Å². The van der Waals surface area contributed by atoms with Gasteiger partial charge in [0, 0.05) is 31.9 Å². The first-order valence-electron chi connectivity index (χ1n) is 9.30. The van der Waals surface area contributed by atoms with Gasteiger partial charge < -0.3 is 14.5 Å². The van der Waals surface area contributed by atoms with Gasteiger partial charge in [0.2, 0.25) is 9.84 Å². The van der Waals surface area contributed by atoms with Crippen molar-refractivity contribution >= 4 is 21.6 Å². The third-order valence-electron chi connectivity index (χ3n) is 4.48. The fourth-order valence-corrected chi connectivity index (χ4v) is 4.38. The molecule has 1 aliphatic rings. The maximum Gasteiger partial charge on any atom is 0.410 e. The molecule has 150 valence electrons. The van der Waals surface area contributed by atoms with Crippen LogP contribution < -0.4 is 4.90 Å². The van der Waals surface area contributed by atoms with Gasteiger partial charge in [0.05, 0.1) is 9.79 Å². The minimum Gasteiger partial charge on any atom is -0.444 e. The Labute approximate surface area is 166 Å². The molecule has 0 unspecified atom stereocenters. The first-order valence-corrected chi connectivity index (χ1v) is 10.8. The van der Waals surface area contributed by atoms with Crippen LogP contribution in [0.3, 0.4) is 0 Å². The number of ether oxygens (including phenoxy) is 1. The summed E-state index contributed by atoms with van der Waals surface area (Å²) in [5.74, 6) is 0. The Morgan fingerprint density at radius 1 is 0.893 bits per heavy atom. The van der Waals surface area contributed by atoms with Crippen LogP contribution in [0, 0.1) is 0 Å². The van der Waals surface area contributed by atoms with E-state index in [4.69, 9.17) is 4.74 Å². The predicted molar refractivity (Wildman–Crippen MR) is 108 cm³/mol. The van der Waals surface area contributed by atoms with E-state index in [-0.39, 0.29) is 15.9 Å². The fraction of sp³-hybridized carbons (Fsp3) is 0.381. The second kappa shape index (κ2) is 7.83. The van der Waals surface area contributed by atoms with E-state index < -0.39 is 15.4 Å². The van der Waals surface area contributed by atoms with Crippen molar-refractivity contribution in [3.8, 4) is 0 Å². The Morgan fingerprint density at radius 2 is 1.50 bits per heavy atom. The Balaban J connectivity index is 1.72. The second-order valence-electron chi connectivity index (χ2n) is 7.77. The van der Waals surface area contributed by atoms with Gasteiger partial charge in [0.25, 0.3) is 0 Å². The lowest BCUT2D eigenvalue weighted by molar-refractivity contribution is 0.0240. The molecule has 0 aromatic heterocycles. The van der Waals surface area contributed by atoms with Gasteiger partial charge in [-0.1, -0.05) is 24.3 Å². The van der Waals surface area contributed by atoms with Crippen molar-refractivity contribution in [3.63, 3.8) is 0 Å². The molecule has 6 nitrogen and oxygen atoms in total. The first kappa shape index (κ1) is 20.2. The van der Waals surface area contributed by atoms with Crippen molar-refractivity contribution in [1.82, 2.24) is 4.90 Å². The lowest BCUT2D eigenvalue weighted by atomic mass is 10.2. The second-order valence-corrected chi connectivity index (χ2v) is 9.72. The monoisotopic (exact) mass is 402 g/mol.